The minimum absolute atomic E-state index is 0.0533. The van der Waals surface area contributed by atoms with E-state index in [1.54, 1.807) is 38.4 Å². The van der Waals surface area contributed by atoms with Crippen LogP contribution >= 0.6 is 0 Å². The second kappa shape index (κ2) is 7.38. The number of aryl methyl sites for hydroxylation is 2. The van der Waals surface area contributed by atoms with E-state index in [1.807, 2.05) is 0 Å². The lowest BCUT2D eigenvalue weighted by atomic mass is 9.72. The Morgan fingerprint density at radius 1 is 0.966 bits per heavy atom. The summed E-state index contributed by atoms with van der Waals surface area (Å²) in [6.07, 6.45) is 7.96. The number of carbonyl (C=O) groups excluding carboxylic acids is 2. The van der Waals surface area contributed by atoms with Gasteiger partial charge in [-0.25, -0.2) is 19.9 Å². The zero-order valence-corrected chi connectivity index (χ0v) is 16.7. The van der Waals surface area contributed by atoms with Crippen LogP contribution < -0.4 is 16.2 Å². The van der Waals surface area contributed by atoms with Crippen molar-refractivity contribution in [1.82, 2.24) is 30.7 Å². The first kappa shape index (κ1) is 19.2. The molecule has 2 aromatic rings. The minimum atomic E-state index is -0.484. The zero-order valence-electron chi connectivity index (χ0n) is 16.7. The average molecular weight is 395 g/mol. The van der Waals surface area contributed by atoms with Crippen molar-refractivity contribution in [3.63, 3.8) is 0 Å². The molecule has 2 aliphatic carbocycles. The molecule has 9 nitrogen and oxygen atoms in total. The third kappa shape index (κ3) is 3.90. The summed E-state index contributed by atoms with van der Waals surface area (Å²) in [5, 5.41) is 3.18. The van der Waals surface area contributed by atoms with Gasteiger partial charge in [0.1, 0.15) is 23.2 Å². The maximum Gasteiger partial charge on any atom is 0.270 e. The van der Waals surface area contributed by atoms with Crippen molar-refractivity contribution >= 4 is 17.6 Å². The van der Waals surface area contributed by atoms with Crippen LogP contribution in [0.4, 0.5) is 5.82 Å². The molecule has 0 spiro atoms. The number of hydrogen-bond acceptors (Lipinski definition) is 7. The quantitative estimate of drug-likeness (QED) is 0.661. The summed E-state index contributed by atoms with van der Waals surface area (Å²) >= 11 is 0. The molecule has 0 aliphatic heterocycles. The van der Waals surface area contributed by atoms with Crippen molar-refractivity contribution in [1.29, 1.82) is 0 Å². The number of carbonyl (C=O) groups is 2. The molecule has 2 atom stereocenters. The molecule has 2 aliphatic rings. The fraction of sp³-hybridized carbons (Fsp3) is 0.500. The Kier molecular flexibility index (Phi) is 4.89. The number of hydrazine groups is 1. The molecule has 2 aromatic heterocycles. The topological polar surface area (TPSA) is 122 Å². The molecule has 9 heteroatoms. The molecule has 3 N–H and O–H groups in total. The van der Waals surface area contributed by atoms with Crippen LogP contribution in [-0.4, -0.2) is 37.3 Å². The molecule has 0 saturated heterocycles. The minimum Gasteiger partial charge on any atom is -0.345 e. The number of anilines is 1. The van der Waals surface area contributed by atoms with Gasteiger partial charge >= 0.3 is 0 Å². The number of hydrogen-bond donors (Lipinski definition) is 3. The first-order valence-electron chi connectivity index (χ1n) is 9.88. The van der Waals surface area contributed by atoms with Gasteiger partial charge in [-0.15, -0.1) is 0 Å². The molecule has 0 aromatic carbocycles. The van der Waals surface area contributed by atoms with Crippen LogP contribution in [0.1, 0.15) is 60.7 Å². The summed E-state index contributed by atoms with van der Waals surface area (Å²) in [4.78, 5) is 42.3. The van der Waals surface area contributed by atoms with Gasteiger partial charge in [0.2, 0.25) is 5.91 Å². The highest BCUT2D eigenvalue weighted by Gasteiger charge is 2.55. The lowest BCUT2D eigenvalue weighted by Gasteiger charge is -2.39. The fourth-order valence-corrected chi connectivity index (χ4v) is 4.64. The Morgan fingerprint density at radius 3 is 2.48 bits per heavy atom. The second-order valence-corrected chi connectivity index (χ2v) is 8.10. The van der Waals surface area contributed by atoms with Gasteiger partial charge in [-0.05, 0) is 52.0 Å². The molecule has 4 rings (SSSR count). The third-order valence-electron chi connectivity index (χ3n) is 6.02. The number of nitrogens with one attached hydrogen (secondary N) is 3. The largest absolute Gasteiger partial charge is 0.345 e. The Bertz CT molecular complexity index is 950. The standard InChI is InChI=1S/C20H25N7O2/c1-13-21-10-4-15(23-13)17(28)25-20-7-3-6-19(12-20,8-9-20)18(29)27-26-16-5-11-22-14(2)24-16/h4-5,10-11H,3,6-9,12H2,1-2H3,(H,25,28)(H,27,29)(H,22,24,26). The summed E-state index contributed by atoms with van der Waals surface area (Å²) in [5.41, 5.74) is 5.22. The molecule has 152 valence electrons. The average Bonchev–Trinajstić information content (AvgIpc) is 2.97. The molecule has 2 saturated carbocycles. The molecule has 0 radical (unpaired) electrons. The van der Waals surface area contributed by atoms with Crippen LogP contribution in [0.3, 0.4) is 0 Å². The van der Waals surface area contributed by atoms with Gasteiger partial charge in [-0.2, -0.15) is 0 Å². The van der Waals surface area contributed by atoms with E-state index in [4.69, 9.17) is 0 Å². The fourth-order valence-electron chi connectivity index (χ4n) is 4.64. The van der Waals surface area contributed by atoms with Crippen molar-refractivity contribution in [3.05, 3.63) is 41.9 Å². The Hall–Kier alpha value is -3.10. The van der Waals surface area contributed by atoms with E-state index in [9.17, 15) is 9.59 Å². The normalized spacial score (nSPS) is 25.3. The van der Waals surface area contributed by atoms with Crippen LogP contribution in [0, 0.1) is 19.3 Å². The maximum absolute atomic E-state index is 13.0. The maximum atomic E-state index is 13.0. The van der Waals surface area contributed by atoms with E-state index >= 15 is 0 Å². The highest BCUT2D eigenvalue weighted by atomic mass is 16.2. The van der Waals surface area contributed by atoms with Crippen molar-refractivity contribution in [2.45, 2.75) is 57.9 Å². The van der Waals surface area contributed by atoms with Crippen LogP contribution in [0.2, 0.25) is 0 Å². The van der Waals surface area contributed by atoms with E-state index in [2.05, 4.69) is 36.1 Å². The van der Waals surface area contributed by atoms with Crippen molar-refractivity contribution in [3.8, 4) is 0 Å². The molecule has 2 bridgehead atoms. The molecular weight excluding hydrogens is 370 g/mol. The summed E-state index contributed by atoms with van der Waals surface area (Å²) in [6.45, 7) is 3.55. The van der Waals surface area contributed by atoms with Gasteiger partial charge < -0.3 is 5.32 Å². The Balaban J connectivity index is 1.43. The summed E-state index contributed by atoms with van der Waals surface area (Å²) in [5.74, 6) is 1.48. The molecule has 2 heterocycles. The van der Waals surface area contributed by atoms with Gasteiger partial charge in [0.15, 0.2) is 0 Å². The van der Waals surface area contributed by atoms with Crippen molar-refractivity contribution < 1.29 is 9.59 Å². The van der Waals surface area contributed by atoms with Gasteiger partial charge in [0, 0.05) is 24.0 Å². The van der Waals surface area contributed by atoms with Gasteiger partial charge in [-0.3, -0.25) is 20.4 Å². The first-order valence-corrected chi connectivity index (χ1v) is 9.88. The summed E-state index contributed by atoms with van der Waals surface area (Å²) in [7, 11) is 0. The van der Waals surface area contributed by atoms with Crippen molar-refractivity contribution in [2.75, 3.05) is 5.43 Å². The smallest absolute Gasteiger partial charge is 0.270 e. The summed E-state index contributed by atoms with van der Waals surface area (Å²) < 4.78 is 0. The number of rotatable bonds is 5. The van der Waals surface area contributed by atoms with E-state index < -0.39 is 5.41 Å². The number of nitrogens with zero attached hydrogens (tertiary/aromatic N) is 4. The monoisotopic (exact) mass is 395 g/mol. The molecule has 29 heavy (non-hydrogen) atoms. The highest BCUT2D eigenvalue weighted by Crippen LogP contribution is 2.53. The van der Waals surface area contributed by atoms with Crippen LogP contribution in [-0.2, 0) is 4.79 Å². The predicted octanol–water partition coefficient (Wildman–Crippen LogP) is 1.85. The number of fused-ring (bicyclic) bond motifs is 2. The predicted molar refractivity (Wildman–Crippen MR) is 106 cm³/mol. The molecular formula is C20H25N7O2. The molecule has 2 fully saturated rings. The Morgan fingerprint density at radius 2 is 1.72 bits per heavy atom. The second-order valence-electron chi connectivity index (χ2n) is 8.10. The molecule has 2 amide bonds. The van der Waals surface area contributed by atoms with E-state index in [-0.39, 0.29) is 17.4 Å². The highest BCUT2D eigenvalue weighted by molar-refractivity contribution is 5.93. The SMILES string of the molecule is Cc1nccc(NNC(=O)C23CCCC(NC(=O)c4ccnc(C)n4)(CC2)C3)n1. The zero-order chi connectivity index (χ0) is 20.5. The van der Waals surface area contributed by atoms with Crippen LogP contribution in [0.25, 0.3) is 0 Å². The third-order valence-corrected chi connectivity index (χ3v) is 6.02. The van der Waals surface area contributed by atoms with Crippen molar-refractivity contribution in [2.24, 2.45) is 5.41 Å². The van der Waals surface area contributed by atoms with Gasteiger partial charge in [0.25, 0.3) is 5.91 Å². The number of aromatic nitrogens is 4. The van der Waals surface area contributed by atoms with Gasteiger partial charge in [-0.1, -0.05) is 6.42 Å². The summed E-state index contributed by atoms with van der Waals surface area (Å²) in [6, 6.07) is 3.32. The lowest BCUT2D eigenvalue weighted by Crippen LogP contribution is -2.52. The van der Waals surface area contributed by atoms with E-state index in [0.29, 0.717) is 29.6 Å². The van der Waals surface area contributed by atoms with E-state index in [0.717, 1.165) is 32.1 Å². The molecule has 2 unspecified atom stereocenters. The van der Waals surface area contributed by atoms with Crippen LogP contribution in [0.15, 0.2) is 24.5 Å². The van der Waals surface area contributed by atoms with Gasteiger partial charge in [0.05, 0.1) is 5.41 Å². The first-order chi connectivity index (χ1) is 13.9. The lowest BCUT2D eigenvalue weighted by molar-refractivity contribution is -0.131. The van der Waals surface area contributed by atoms with E-state index in [1.165, 1.54) is 0 Å². The Labute approximate surface area is 169 Å². The van der Waals surface area contributed by atoms with Crippen LogP contribution in [0.5, 0.6) is 0 Å². The number of amides is 2.